The number of hydrogen-bond donors (Lipinski definition) is 0. The second-order valence-corrected chi connectivity index (χ2v) is 6.84. The molecule has 25 heavy (non-hydrogen) atoms. The second kappa shape index (κ2) is 17.4. The Labute approximate surface area is 155 Å². The molecule has 3 heteroatoms. The van der Waals surface area contributed by atoms with Crippen molar-refractivity contribution in [2.75, 3.05) is 6.54 Å². The van der Waals surface area contributed by atoms with E-state index in [9.17, 15) is 9.59 Å². The van der Waals surface area contributed by atoms with Gasteiger partial charge in [-0.25, -0.2) is 0 Å². The summed E-state index contributed by atoms with van der Waals surface area (Å²) < 4.78 is 0. The van der Waals surface area contributed by atoms with Gasteiger partial charge in [0.25, 0.3) is 0 Å². The molecule has 0 spiro atoms. The summed E-state index contributed by atoms with van der Waals surface area (Å²) in [4.78, 5) is 24.9. The quantitative estimate of drug-likeness (QED) is 0.188. The minimum absolute atomic E-state index is 0.259. The first-order valence-electron chi connectivity index (χ1n) is 10.2. The molecule has 1 amide bonds. The molecule has 0 heterocycles. The third-order valence-corrected chi connectivity index (χ3v) is 4.49. The van der Waals surface area contributed by atoms with E-state index in [2.05, 4.69) is 37.5 Å². The number of hydrogen-bond acceptors (Lipinski definition) is 2. The molecule has 0 fully saturated rings. The number of carbonyl (C=O) groups is 2. The van der Waals surface area contributed by atoms with Gasteiger partial charge in [0.05, 0.1) is 0 Å². The zero-order valence-corrected chi connectivity index (χ0v) is 16.5. The Morgan fingerprint density at radius 2 is 1.76 bits per heavy atom. The van der Waals surface area contributed by atoms with Gasteiger partial charge in [-0.05, 0) is 51.9 Å². The van der Waals surface area contributed by atoms with Crippen LogP contribution >= 0.6 is 0 Å². The average Bonchev–Trinajstić information content (AvgIpc) is 2.61. The summed E-state index contributed by atoms with van der Waals surface area (Å²) in [6, 6.07) is 0.259. The van der Waals surface area contributed by atoms with Gasteiger partial charge in [0.1, 0.15) is 6.29 Å². The van der Waals surface area contributed by atoms with E-state index in [-0.39, 0.29) is 6.04 Å². The van der Waals surface area contributed by atoms with Crippen LogP contribution in [0.1, 0.15) is 90.9 Å². The lowest BCUT2D eigenvalue weighted by Crippen LogP contribution is -2.39. The van der Waals surface area contributed by atoms with Crippen molar-refractivity contribution in [2.45, 2.75) is 96.9 Å². The van der Waals surface area contributed by atoms with Crippen molar-refractivity contribution in [3.05, 3.63) is 24.8 Å². The van der Waals surface area contributed by atoms with Gasteiger partial charge in [0.15, 0.2) is 0 Å². The minimum atomic E-state index is 0.259. The molecular weight excluding hydrogens is 310 g/mol. The fraction of sp³-hybridized carbons (Fsp3) is 0.727. The van der Waals surface area contributed by atoms with Crippen LogP contribution in [0.2, 0.25) is 0 Å². The van der Waals surface area contributed by atoms with Crippen molar-refractivity contribution in [1.82, 2.24) is 4.90 Å². The third kappa shape index (κ3) is 13.6. The number of amides is 1. The molecule has 0 N–H and O–H groups in total. The first-order chi connectivity index (χ1) is 12.2. The molecule has 3 nitrogen and oxygen atoms in total. The van der Waals surface area contributed by atoms with Gasteiger partial charge in [0.2, 0.25) is 5.91 Å². The second-order valence-electron chi connectivity index (χ2n) is 6.84. The van der Waals surface area contributed by atoms with Crippen molar-refractivity contribution < 1.29 is 9.59 Å². The monoisotopic (exact) mass is 349 g/mol. The molecule has 0 saturated heterocycles. The Hall–Kier alpha value is -1.38. The highest BCUT2D eigenvalue weighted by molar-refractivity contribution is 5.76. The molecule has 0 aromatic carbocycles. The lowest BCUT2D eigenvalue weighted by Gasteiger charge is -2.29. The normalized spacial score (nSPS) is 12.2. The van der Waals surface area contributed by atoms with Crippen molar-refractivity contribution in [3.8, 4) is 0 Å². The molecule has 0 bridgehead atoms. The molecule has 0 aliphatic rings. The highest BCUT2D eigenvalue weighted by atomic mass is 16.2. The van der Waals surface area contributed by atoms with Gasteiger partial charge >= 0.3 is 0 Å². The fourth-order valence-corrected chi connectivity index (χ4v) is 2.84. The van der Waals surface area contributed by atoms with E-state index in [0.29, 0.717) is 18.7 Å². The molecular formula is C22H39NO2. The first kappa shape index (κ1) is 23.6. The van der Waals surface area contributed by atoms with Gasteiger partial charge in [-0.3, -0.25) is 4.79 Å². The number of allylic oxidation sites excluding steroid dienone is 2. The van der Waals surface area contributed by atoms with Crippen LogP contribution in [-0.2, 0) is 9.59 Å². The van der Waals surface area contributed by atoms with Crippen molar-refractivity contribution >= 4 is 12.2 Å². The SMILES string of the molecule is C=CCCC/C=C/CC(C)N(CCCCCCC=O)C(=O)CCCC. The van der Waals surface area contributed by atoms with Crippen LogP contribution < -0.4 is 0 Å². The molecule has 0 aromatic rings. The minimum Gasteiger partial charge on any atom is -0.340 e. The number of unbranched alkanes of at least 4 members (excludes halogenated alkanes) is 7. The molecule has 0 aromatic heterocycles. The zero-order chi connectivity index (χ0) is 18.8. The predicted molar refractivity (Wildman–Crippen MR) is 108 cm³/mol. The third-order valence-electron chi connectivity index (χ3n) is 4.49. The largest absolute Gasteiger partial charge is 0.340 e. The summed E-state index contributed by atoms with van der Waals surface area (Å²) in [6.45, 7) is 8.86. The maximum Gasteiger partial charge on any atom is 0.222 e. The summed E-state index contributed by atoms with van der Waals surface area (Å²) >= 11 is 0. The number of carbonyl (C=O) groups excluding carboxylic acids is 2. The Morgan fingerprint density at radius 1 is 1.00 bits per heavy atom. The van der Waals surface area contributed by atoms with E-state index in [4.69, 9.17) is 0 Å². The van der Waals surface area contributed by atoms with Gasteiger partial charge in [0, 0.05) is 25.4 Å². The Morgan fingerprint density at radius 3 is 2.44 bits per heavy atom. The average molecular weight is 350 g/mol. The van der Waals surface area contributed by atoms with E-state index >= 15 is 0 Å². The summed E-state index contributed by atoms with van der Waals surface area (Å²) in [5.74, 6) is 0.294. The first-order valence-corrected chi connectivity index (χ1v) is 10.2. The summed E-state index contributed by atoms with van der Waals surface area (Å²) in [6.07, 6.45) is 19.1. The van der Waals surface area contributed by atoms with E-state index in [0.717, 1.165) is 77.0 Å². The van der Waals surface area contributed by atoms with E-state index < -0.39 is 0 Å². The zero-order valence-electron chi connectivity index (χ0n) is 16.5. The predicted octanol–water partition coefficient (Wildman–Crippen LogP) is 5.85. The number of rotatable bonds is 17. The van der Waals surface area contributed by atoms with Crippen LogP contribution in [0.15, 0.2) is 24.8 Å². The smallest absolute Gasteiger partial charge is 0.222 e. The molecule has 144 valence electrons. The van der Waals surface area contributed by atoms with Gasteiger partial charge in [-0.2, -0.15) is 0 Å². The maximum atomic E-state index is 12.5. The number of nitrogens with zero attached hydrogens (tertiary/aromatic N) is 1. The molecule has 0 saturated carbocycles. The molecule has 0 rings (SSSR count). The standard InChI is InChI=1S/C22H39NO2/c1-4-6-8-9-11-14-17-21(3)23(22(25)18-7-5-2)19-15-12-10-13-16-20-24/h4,11,14,20-21H,1,5-10,12-13,15-19H2,2-3H3/b14-11+. The van der Waals surface area contributed by atoms with Gasteiger partial charge in [-0.15, -0.1) is 6.58 Å². The van der Waals surface area contributed by atoms with Crippen LogP contribution in [0.5, 0.6) is 0 Å². The van der Waals surface area contributed by atoms with Crippen LogP contribution in [0.25, 0.3) is 0 Å². The number of aldehydes is 1. The van der Waals surface area contributed by atoms with Gasteiger partial charge < -0.3 is 9.69 Å². The van der Waals surface area contributed by atoms with Crippen LogP contribution in [0, 0.1) is 0 Å². The Kier molecular flexibility index (Phi) is 16.5. The van der Waals surface area contributed by atoms with Gasteiger partial charge in [-0.1, -0.05) is 44.4 Å². The summed E-state index contributed by atoms with van der Waals surface area (Å²) in [7, 11) is 0. The molecule has 0 aliphatic heterocycles. The fourth-order valence-electron chi connectivity index (χ4n) is 2.84. The molecule has 1 unspecified atom stereocenters. The lowest BCUT2D eigenvalue weighted by molar-refractivity contribution is -0.133. The highest BCUT2D eigenvalue weighted by Crippen LogP contribution is 2.13. The lowest BCUT2D eigenvalue weighted by atomic mass is 10.1. The Bertz CT molecular complexity index is 376. The van der Waals surface area contributed by atoms with Crippen LogP contribution in [-0.4, -0.2) is 29.7 Å². The summed E-state index contributed by atoms with van der Waals surface area (Å²) in [5, 5.41) is 0. The van der Waals surface area contributed by atoms with E-state index in [1.807, 2.05) is 6.08 Å². The Balaban J connectivity index is 4.31. The molecule has 0 radical (unpaired) electrons. The van der Waals surface area contributed by atoms with Crippen LogP contribution in [0.3, 0.4) is 0 Å². The summed E-state index contributed by atoms with van der Waals surface area (Å²) in [5.41, 5.74) is 0. The molecule has 1 atom stereocenters. The van der Waals surface area contributed by atoms with Crippen molar-refractivity contribution in [3.63, 3.8) is 0 Å². The maximum absolute atomic E-state index is 12.5. The molecule has 0 aliphatic carbocycles. The van der Waals surface area contributed by atoms with Crippen LogP contribution in [0.4, 0.5) is 0 Å². The topological polar surface area (TPSA) is 37.4 Å². The van der Waals surface area contributed by atoms with E-state index in [1.165, 1.54) is 0 Å². The van der Waals surface area contributed by atoms with E-state index in [1.54, 1.807) is 0 Å². The van der Waals surface area contributed by atoms with Crippen molar-refractivity contribution in [1.29, 1.82) is 0 Å². The van der Waals surface area contributed by atoms with Crippen molar-refractivity contribution in [2.24, 2.45) is 0 Å². The highest BCUT2D eigenvalue weighted by Gasteiger charge is 2.18.